The van der Waals surface area contributed by atoms with Crippen LogP contribution in [0.4, 0.5) is 0 Å². The molecule has 2 heterocycles. The molecule has 0 radical (unpaired) electrons. The first kappa shape index (κ1) is 18.8. The molecule has 1 atom stereocenters. The van der Waals surface area contributed by atoms with Crippen LogP contribution in [0.3, 0.4) is 0 Å². The van der Waals surface area contributed by atoms with Crippen molar-refractivity contribution >= 4 is 28.8 Å². The van der Waals surface area contributed by atoms with E-state index >= 15 is 0 Å². The molecule has 0 saturated carbocycles. The molecule has 0 fully saturated rings. The zero-order valence-electron chi connectivity index (χ0n) is 15.0. The summed E-state index contributed by atoms with van der Waals surface area (Å²) >= 11 is 0.993. The van der Waals surface area contributed by atoms with Crippen LogP contribution >= 0.6 is 11.8 Å². The van der Waals surface area contributed by atoms with Crippen LogP contribution in [0.1, 0.15) is 13.3 Å². The van der Waals surface area contributed by atoms with E-state index in [0.29, 0.717) is 17.8 Å². The van der Waals surface area contributed by atoms with E-state index in [1.807, 2.05) is 30.3 Å². The molecule has 1 N–H and O–H groups in total. The molecular formula is C18H18N4O4S. The Morgan fingerprint density at radius 1 is 1.15 bits per heavy atom. The normalized spacial score (nSPS) is 12.3. The maximum Gasteiger partial charge on any atom is 0.332 e. The summed E-state index contributed by atoms with van der Waals surface area (Å²) in [5, 5.41) is 9.04. The van der Waals surface area contributed by atoms with E-state index in [2.05, 4.69) is 9.97 Å². The van der Waals surface area contributed by atoms with Crippen molar-refractivity contribution < 1.29 is 9.90 Å². The number of hydrogen-bond donors (Lipinski definition) is 1. The van der Waals surface area contributed by atoms with E-state index < -0.39 is 22.5 Å². The smallest absolute Gasteiger partial charge is 0.332 e. The molecule has 8 nitrogen and oxygen atoms in total. The number of carbonyl (C=O) groups is 1. The molecule has 0 unspecified atom stereocenters. The van der Waals surface area contributed by atoms with Gasteiger partial charge < -0.3 is 5.11 Å². The second kappa shape index (κ2) is 7.36. The molecule has 3 aromatic rings. The number of hydrogen-bond acceptors (Lipinski definition) is 6. The molecule has 2 aromatic heterocycles. The summed E-state index contributed by atoms with van der Waals surface area (Å²) in [4.78, 5) is 45.4. The van der Waals surface area contributed by atoms with Crippen LogP contribution in [0, 0.1) is 0 Å². The number of fused-ring (bicyclic) bond motifs is 1. The molecule has 140 valence electrons. The number of aryl methyl sites for hydroxylation is 1. The third-order valence-electron chi connectivity index (χ3n) is 4.20. The fourth-order valence-corrected chi connectivity index (χ4v) is 3.65. The van der Waals surface area contributed by atoms with Gasteiger partial charge in [-0.3, -0.25) is 18.7 Å². The van der Waals surface area contributed by atoms with Gasteiger partial charge in [-0.1, -0.05) is 49.0 Å². The fraction of sp³-hybridized carbons (Fsp3) is 0.278. The lowest BCUT2D eigenvalue weighted by Gasteiger charge is -2.14. The average Bonchev–Trinajstić information content (AvgIpc) is 2.68. The highest BCUT2D eigenvalue weighted by molar-refractivity contribution is 8.00. The Hall–Kier alpha value is -2.94. The molecular weight excluding hydrogens is 368 g/mol. The highest BCUT2D eigenvalue weighted by Crippen LogP contribution is 2.30. The maximum absolute atomic E-state index is 12.7. The second-order valence-electron chi connectivity index (χ2n) is 5.98. The van der Waals surface area contributed by atoms with Crippen molar-refractivity contribution in [3.63, 3.8) is 0 Å². The minimum atomic E-state index is -0.989. The Morgan fingerprint density at radius 2 is 1.81 bits per heavy atom. The van der Waals surface area contributed by atoms with Gasteiger partial charge in [0.2, 0.25) is 0 Å². The zero-order valence-corrected chi connectivity index (χ0v) is 15.9. The monoisotopic (exact) mass is 386 g/mol. The molecule has 0 aliphatic rings. The molecule has 1 aromatic carbocycles. The van der Waals surface area contributed by atoms with Crippen LogP contribution in [0.15, 0.2) is 44.9 Å². The second-order valence-corrected chi connectivity index (χ2v) is 7.17. The number of thioether (sulfide) groups is 1. The van der Waals surface area contributed by atoms with Crippen LogP contribution < -0.4 is 11.2 Å². The van der Waals surface area contributed by atoms with Gasteiger partial charge in [-0.15, -0.1) is 0 Å². The fourth-order valence-electron chi connectivity index (χ4n) is 2.67. The summed E-state index contributed by atoms with van der Waals surface area (Å²) in [5.74, 6) is -0.661. The third-order valence-corrected chi connectivity index (χ3v) is 5.54. The molecule has 0 saturated heterocycles. The van der Waals surface area contributed by atoms with Crippen molar-refractivity contribution in [1.82, 2.24) is 19.1 Å². The van der Waals surface area contributed by atoms with Gasteiger partial charge in [-0.25, -0.2) is 14.8 Å². The Balaban J connectivity index is 2.38. The third kappa shape index (κ3) is 3.37. The summed E-state index contributed by atoms with van der Waals surface area (Å²) in [6.07, 6.45) is 0.359. The summed E-state index contributed by atoms with van der Waals surface area (Å²) in [5.41, 5.74) is -0.167. The molecule has 0 amide bonds. The minimum Gasteiger partial charge on any atom is -0.480 e. The van der Waals surface area contributed by atoms with Crippen molar-refractivity contribution in [3.05, 3.63) is 51.2 Å². The van der Waals surface area contributed by atoms with E-state index in [0.717, 1.165) is 16.3 Å². The van der Waals surface area contributed by atoms with Gasteiger partial charge in [-0.2, -0.15) is 0 Å². The van der Waals surface area contributed by atoms with Gasteiger partial charge in [0.25, 0.3) is 5.56 Å². The number of nitrogens with zero attached hydrogens (tertiary/aromatic N) is 4. The topological polar surface area (TPSA) is 107 Å². The first-order valence-corrected chi connectivity index (χ1v) is 9.15. The van der Waals surface area contributed by atoms with Crippen molar-refractivity contribution in [3.8, 4) is 11.4 Å². The number of rotatable bonds is 5. The highest BCUT2D eigenvalue weighted by atomic mass is 32.2. The highest BCUT2D eigenvalue weighted by Gasteiger charge is 2.23. The molecule has 9 heteroatoms. The quantitative estimate of drug-likeness (QED) is 0.525. The van der Waals surface area contributed by atoms with Crippen molar-refractivity contribution in [2.75, 3.05) is 0 Å². The van der Waals surface area contributed by atoms with E-state index in [1.165, 1.54) is 18.7 Å². The Labute approximate surface area is 158 Å². The van der Waals surface area contributed by atoms with Crippen LogP contribution in [0.5, 0.6) is 0 Å². The SMILES string of the molecule is CC[C@H](Sc1nc(-c2ccccc2)nc2c1c(=O)n(C)c(=O)n2C)C(=O)O. The van der Waals surface area contributed by atoms with Crippen molar-refractivity contribution in [1.29, 1.82) is 0 Å². The first-order chi connectivity index (χ1) is 12.8. The molecule has 0 aliphatic heterocycles. The van der Waals surface area contributed by atoms with Crippen LogP contribution in [-0.4, -0.2) is 35.4 Å². The predicted molar refractivity (Wildman–Crippen MR) is 103 cm³/mol. The largest absolute Gasteiger partial charge is 0.480 e. The van der Waals surface area contributed by atoms with Gasteiger partial charge in [0.1, 0.15) is 15.7 Å². The number of aliphatic carboxylic acids is 1. The van der Waals surface area contributed by atoms with Gasteiger partial charge >= 0.3 is 11.7 Å². The predicted octanol–water partition coefficient (Wildman–Crippen LogP) is 1.65. The van der Waals surface area contributed by atoms with Crippen molar-refractivity contribution in [2.24, 2.45) is 14.1 Å². The number of carboxylic acids is 1. The van der Waals surface area contributed by atoms with Crippen LogP contribution in [-0.2, 0) is 18.9 Å². The molecule has 27 heavy (non-hydrogen) atoms. The first-order valence-electron chi connectivity index (χ1n) is 8.27. The van der Waals surface area contributed by atoms with E-state index in [9.17, 15) is 19.5 Å². The Kier molecular flexibility index (Phi) is 5.13. The number of carboxylic acid groups (broad SMARTS) is 1. The average molecular weight is 386 g/mol. The van der Waals surface area contributed by atoms with Gasteiger partial charge in [0.05, 0.1) is 0 Å². The lowest BCUT2D eigenvalue weighted by atomic mass is 10.2. The lowest BCUT2D eigenvalue weighted by molar-refractivity contribution is -0.136. The van der Waals surface area contributed by atoms with E-state index in [1.54, 1.807) is 6.92 Å². The summed E-state index contributed by atoms with van der Waals surface area (Å²) in [6, 6.07) is 9.12. The van der Waals surface area contributed by atoms with Crippen LogP contribution in [0.2, 0.25) is 0 Å². The summed E-state index contributed by atoms with van der Waals surface area (Å²) in [7, 11) is 2.90. The van der Waals surface area contributed by atoms with Gasteiger partial charge in [0, 0.05) is 19.7 Å². The van der Waals surface area contributed by atoms with Gasteiger partial charge in [0.15, 0.2) is 11.5 Å². The summed E-state index contributed by atoms with van der Waals surface area (Å²) < 4.78 is 2.25. The lowest BCUT2D eigenvalue weighted by Crippen LogP contribution is -2.37. The van der Waals surface area contributed by atoms with Crippen LogP contribution in [0.25, 0.3) is 22.4 Å². The number of aromatic nitrogens is 4. The van der Waals surface area contributed by atoms with Crippen molar-refractivity contribution in [2.45, 2.75) is 23.6 Å². The minimum absolute atomic E-state index is 0.143. The standard InChI is InChI=1S/C18H18N4O4S/c1-4-11(17(24)25)27-15-12-14(21(2)18(26)22(3)16(12)23)19-13(20-15)10-8-6-5-7-9-10/h5-9,11H,4H2,1-3H3,(H,24,25)/t11-/m0/s1. The zero-order chi connectivity index (χ0) is 19.7. The molecule has 0 bridgehead atoms. The maximum atomic E-state index is 12.7. The van der Waals surface area contributed by atoms with E-state index in [4.69, 9.17) is 0 Å². The van der Waals surface area contributed by atoms with Gasteiger partial charge in [-0.05, 0) is 6.42 Å². The van der Waals surface area contributed by atoms with E-state index in [-0.39, 0.29) is 16.1 Å². The number of benzene rings is 1. The molecule has 0 aliphatic carbocycles. The Bertz CT molecular complexity index is 1140. The molecule has 0 spiro atoms. The molecule has 3 rings (SSSR count). The summed E-state index contributed by atoms with van der Waals surface area (Å²) in [6.45, 7) is 1.75. The Morgan fingerprint density at radius 3 is 2.41 bits per heavy atom.